The molecule has 128 valence electrons. The summed E-state index contributed by atoms with van der Waals surface area (Å²) < 4.78 is 17.5. The molecule has 1 heterocycles. The largest absolute Gasteiger partial charge is 0.496 e. The van der Waals surface area contributed by atoms with Gasteiger partial charge in [0, 0.05) is 17.4 Å². The van der Waals surface area contributed by atoms with Gasteiger partial charge >= 0.3 is 0 Å². The average molecular weight is 347 g/mol. The number of hydrogen-bond donors (Lipinski definition) is 0. The number of rotatable bonds is 6. The third-order valence-electron chi connectivity index (χ3n) is 4.42. The lowest BCUT2D eigenvalue weighted by molar-refractivity contribution is -0.0171. The first kappa shape index (κ1) is 17.3. The van der Waals surface area contributed by atoms with Crippen LogP contribution < -0.4 is 4.74 Å². The summed E-state index contributed by atoms with van der Waals surface area (Å²) in [5.41, 5.74) is 3.67. The monoisotopic (exact) mass is 346 g/mol. The average Bonchev–Trinajstić information content (AvgIpc) is 2.82. The standard InChI is InChI=1S/C20H23ClO3/c1-22-18-9-5-8-16-12-17(15-6-3-2-4-7-15)13-24-19(20(16)18)14-23-11-10-21/h2-9,17,19H,10-14H2,1H3. The summed E-state index contributed by atoms with van der Waals surface area (Å²) >= 11 is 5.72. The van der Waals surface area contributed by atoms with Crippen LogP contribution in [0, 0.1) is 0 Å². The van der Waals surface area contributed by atoms with Crippen LogP contribution >= 0.6 is 11.6 Å². The van der Waals surface area contributed by atoms with Crippen LogP contribution in [0.5, 0.6) is 5.75 Å². The Bertz CT molecular complexity index is 645. The number of hydrogen-bond acceptors (Lipinski definition) is 3. The van der Waals surface area contributed by atoms with Gasteiger partial charge in [-0.15, -0.1) is 11.6 Å². The Kier molecular flexibility index (Phi) is 6.13. The molecule has 0 fully saturated rings. The number of fused-ring (bicyclic) bond motifs is 1. The number of halogens is 1. The summed E-state index contributed by atoms with van der Waals surface area (Å²) in [4.78, 5) is 0. The SMILES string of the molecule is COc1cccc2c1C(COCCCl)OCC(c1ccccc1)C2. The topological polar surface area (TPSA) is 27.7 Å². The molecule has 4 heteroatoms. The van der Waals surface area contributed by atoms with Gasteiger partial charge in [-0.3, -0.25) is 0 Å². The number of benzene rings is 2. The van der Waals surface area contributed by atoms with E-state index in [9.17, 15) is 0 Å². The van der Waals surface area contributed by atoms with Gasteiger partial charge in [-0.2, -0.15) is 0 Å². The highest BCUT2D eigenvalue weighted by Crippen LogP contribution is 2.38. The predicted molar refractivity (Wildman–Crippen MR) is 96.1 cm³/mol. The molecule has 3 rings (SSSR count). The summed E-state index contributed by atoms with van der Waals surface area (Å²) in [6, 6.07) is 16.7. The number of alkyl halides is 1. The second-order valence-corrected chi connectivity index (χ2v) is 6.31. The molecule has 0 saturated heterocycles. The fraction of sp³-hybridized carbons (Fsp3) is 0.400. The van der Waals surface area contributed by atoms with Gasteiger partial charge in [-0.05, 0) is 23.6 Å². The molecule has 0 saturated carbocycles. The lowest BCUT2D eigenvalue weighted by atomic mass is 9.90. The molecule has 2 atom stereocenters. The zero-order chi connectivity index (χ0) is 16.8. The van der Waals surface area contributed by atoms with Gasteiger partial charge in [0.2, 0.25) is 0 Å². The minimum atomic E-state index is -0.131. The Morgan fingerprint density at radius 2 is 1.96 bits per heavy atom. The molecule has 1 aliphatic heterocycles. The van der Waals surface area contributed by atoms with E-state index in [4.69, 9.17) is 25.8 Å². The van der Waals surface area contributed by atoms with Gasteiger partial charge in [-0.1, -0.05) is 42.5 Å². The highest BCUT2D eigenvalue weighted by atomic mass is 35.5. The van der Waals surface area contributed by atoms with Crippen molar-refractivity contribution in [2.75, 3.05) is 32.8 Å². The van der Waals surface area contributed by atoms with Gasteiger partial charge < -0.3 is 14.2 Å². The summed E-state index contributed by atoms with van der Waals surface area (Å²) in [7, 11) is 1.70. The molecular formula is C20H23ClO3. The molecule has 0 N–H and O–H groups in total. The van der Waals surface area contributed by atoms with Crippen LogP contribution in [-0.4, -0.2) is 32.8 Å². The molecule has 24 heavy (non-hydrogen) atoms. The van der Waals surface area contributed by atoms with Gasteiger partial charge in [0.15, 0.2) is 0 Å². The maximum atomic E-state index is 6.24. The molecule has 2 aromatic carbocycles. The Morgan fingerprint density at radius 3 is 2.71 bits per heavy atom. The number of ether oxygens (including phenoxy) is 3. The van der Waals surface area contributed by atoms with Gasteiger partial charge in [0.05, 0.1) is 26.9 Å². The minimum Gasteiger partial charge on any atom is -0.496 e. The van der Waals surface area contributed by atoms with E-state index in [0.717, 1.165) is 17.7 Å². The maximum absolute atomic E-state index is 6.24. The van der Waals surface area contributed by atoms with Crippen molar-refractivity contribution in [1.82, 2.24) is 0 Å². The van der Waals surface area contributed by atoms with E-state index < -0.39 is 0 Å². The van der Waals surface area contributed by atoms with Crippen molar-refractivity contribution in [3.05, 3.63) is 65.2 Å². The van der Waals surface area contributed by atoms with E-state index in [2.05, 4.69) is 30.3 Å². The quantitative estimate of drug-likeness (QED) is 0.575. The first-order valence-electron chi connectivity index (χ1n) is 8.29. The Balaban J connectivity index is 1.90. The van der Waals surface area contributed by atoms with Crippen molar-refractivity contribution in [2.24, 2.45) is 0 Å². The molecule has 0 radical (unpaired) electrons. The summed E-state index contributed by atoms with van der Waals surface area (Å²) in [5.74, 6) is 1.67. The molecule has 0 aliphatic carbocycles. The fourth-order valence-corrected chi connectivity index (χ4v) is 3.38. The van der Waals surface area contributed by atoms with Crippen molar-refractivity contribution in [1.29, 1.82) is 0 Å². The highest BCUT2D eigenvalue weighted by molar-refractivity contribution is 6.17. The molecule has 0 amide bonds. The van der Waals surface area contributed by atoms with Crippen LogP contribution in [0.2, 0.25) is 0 Å². The van der Waals surface area contributed by atoms with E-state index in [1.807, 2.05) is 18.2 Å². The second-order valence-electron chi connectivity index (χ2n) is 5.93. The normalized spacial score (nSPS) is 20.2. The van der Waals surface area contributed by atoms with Crippen LogP contribution in [0.3, 0.4) is 0 Å². The zero-order valence-electron chi connectivity index (χ0n) is 13.9. The lowest BCUT2D eigenvalue weighted by Gasteiger charge is -2.20. The predicted octanol–water partition coefficient (Wildman–Crippen LogP) is 4.35. The highest BCUT2D eigenvalue weighted by Gasteiger charge is 2.28. The van der Waals surface area contributed by atoms with E-state index >= 15 is 0 Å². The van der Waals surface area contributed by atoms with Crippen molar-refractivity contribution in [3.63, 3.8) is 0 Å². The van der Waals surface area contributed by atoms with E-state index in [1.165, 1.54) is 11.1 Å². The third-order valence-corrected chi connectivity index (χ3v) is 4.58. The molecule has 3 nitrogen and oxygen atoms in total. The third kappa shape index (κ3) is 3.92. The van der Waals surface area contributed by atoms with Gasteiger partial charge in [0.1, 0.15) is 11.9 Å². The molecule has 2 unspecified atom stereocenters. The van der Waals surface area contributed by atoms with Crippen molar-refractivity contribution in [2.45, 2.75) is 18.4 Å². The first-order chi connectivity index (χ1) is 11.8. The maximum Gasteiger partial charge on any atom is 0.125 e. The Labute approximate surface area is 148 Å². The smallest absolute Gasteiger partial charge is 0.125 e. The second kappa shape index (κ2) is 8.52. The lowest BCUT2D eigenvalue weighted by Crippen LogP contribution is -2.15. The van der Waals surface area contributed by atoms with Crippen molar-refractivity contribution in [3.8, 4) is 5.75 Å². The first-order valence-corrected chi connectivity index (χ1v) is 8.83. The van der Waals surface area contributed by atoms with Crippen LogP contribution in [0.25, 0.3) is 0 Å². The van der Waals surface area contributed by atoms with E-state index in [-0.39, 0.29) is 6.10 Å². The van der Waals surface area contributed by atoms with Crippen LogP contribution in [0.4, 0.5) is 0 Å². The van der Waals surface area contributed by atoms with Crippen LogP contribution in [0.15, 0.2) is 48.5 Å². The molecule has 0 aromatic heterocycles. The number of methoxy groups -OCH3 is 1. The summed E-state index contributed by atoms with van der Waals surface area (Å²) in [6.07, 6.45) is 0.802. The van der Waals surface area contributed by atoms with Crippen molar-refractivity contribution >= 4 is 11.6 Å². The zero-order valence-corrected chi connectivity index (χ0v) is 14.7. The molecule has 1 aliphatic rings. The van der Waals surface area contributed by atoms with Crippen LogP contribution in [0.1, 0.15) is 28.7 Å². The van der Waals surface area contributed by atoms with Gasteiger partial charge in [-0.25, -0.2) is 0 Å². The fourth-order valence-electron chi connectivity index (χ4n) is 3.27. The Morgan fingerprint density at radius 1 is 1.12 bits per heavy atom. The van der Waals surface area contributed by atoms with Crippen molar-refractivity contribution < 1.29 is 14.2 Å². The summed E-state index contributed by atoms with van der Waals surface area (Å²) in [5, 5.41) is 0. The summed E-state index contributed by atoms with van der Waals surface area (Å²) in [6.45, 7) is 1.67. The minimum absolute atomic E-state index is 0.131. The Hall–Kier alpha value is -1.55. The molecule has 0 spiro atoms. The molecule has 2 aromatic rings. The van der Waals surface area contributed by atoms with E-state index in [0.29, 0.717) is 31.6 Å². The van der Waals surface area contributed by atoms with Crippen LogP contribution in [-0.2, 0) is 15.9 Å². The molecule has 0 bridgehead atoms. The molecular weight excluding hydrogens is 324 g/mol. The van der Waals surface area contributed by atoms with Gasteiger partial charge in [0.25, 0.3) is 0 Å². The van der Waals surface area contributed by atoms with E-state index in [1.54, 1.807) is 7.11 Å².